The van der Waals surface area contributed by atoms with Gasteiger partial charge in [0.2, 0.25) is 0 Å². The van der Waals surface area contributed by atoms with Gasteiger partial charge in [-0.05, 0) is 51.0 Å². The molecule has 2 rings (SSSR count). The minimum atomic E-state index is -0.0944. The topological polar surface area (TPSA) is 49.3 Å². The normalized spacial score (nSPS) is 17.4. The fourth-order valence-corrected chi connectivity index (χ4v) is 2.44. The van der Waals surface area contributed by atoms with E-state index in [-0.39, 0.29) is 5.91 Å². The van der Waals surface area contributed by atoms with Crippen LogP contribution < -0.4 is 0 Å². The van der Waals surface area contributed by atoms with E-state index in [0.717, 1.165) is 32.5 Å². The van der Waals surface area contributed by atoms with Gasteiger partial charge in [-0.1, -0.05) is 11.6 Å². The lowest BCUT2D eigenvalue weighted by Gasteiger charge is -2.31. The SMILES string of the molecule is CN1CCC(CN(C)C(=O)c2ccc(Cl)nn2)CC1. The second-order valence-electron chi connectivity index (χ2n) is 5.17. The molecule has 0 saturated carbocycles. The summed E-state index contributed by atoms with van der Waals surface area (Å²) in [6, 6.07) is 3.20. The molecule has 0 atom stereocenters. The van der Waals surface area contributed by atoms with E-state index in [1.165, 1.54) is 0 Å². The summed E-state index contributed by atoms with van der Waals surface area (Å²) in [4.78, 5) is 16.2. The van der Waals surface area contributed by atoms with Gasteiger partial charge in [-0.2, -0.15) is 0 Å². The van der Waals surface area contributed by atoms with E-state index in [0.29, 0.717) is 16.8 Å². The quantitative estimate of drug-likeness (QED) is 0.844. The van der Waals surface area contributed by atoms with Crippen LogP contribution in [0.4, 0.5) is 0 Å². The van der Waals surface area contributed by atoms with E-state index >= 15 is 0 Å². The van der Waals surface area contributed by atoms with Crippen molar-refractivity contribution >= 4 is 17.5 Å². The summed E-state index contributed by atoms with van der Waals surface area (Å²) in [7, 11) is 3.95. The Morgan fingerprint density at radius 1 is 1.42 bits per heavy atom. The first-order chi connectivity index (χ1) is 9.06. The van der Waals surface area contributed by atoms with Gasteiger partial charge in [-0.3, -0.25) is 4.79 Å². The zero-order chi connectivity index (χ0) is 13.8. The minimum absolute atomic E-state index is 0.0944. The summed E-state index contributed by atoms with van der Waals surface area (Å²) in [5.41, 5.74) is 0.347. The average molecular weight is 283 g/mol. The van der Waals surface area contributed by atoms with Crippen LogP contribution >= 0.6 is 11.6 Å². The highest BCUT2D eigenvalue weighted by molar-refractivity contribution is 6.29. The fourth-order valence-electron chi connectivity index (χ4n) is 2.34. The van der Waals surface area contributed by atoms with E-state index in [9.17, 15) is 4.79 Å². The molecule has 2 heterocycles. The number of likely N-dealkylation sites (tertiary alicyclic amines) is 1. The van der Waals surface area contributed by atoms with Gasteiger partial charge in [-0.25, -0.2) is 0 Å². The molecule has 0 aromatic carbocycles. The molecule has 19 heavy (non-hydrogen) atoms. The number of piperidine rings is 1. The highest BCUT2D eigenvalue weighted by Gasteiger charge is 2.21. The number of carbonyl (C=O) groups is 1. The van der Waals surface area contributed by atoms with Gasteiger partial charge in [0.1, 0.15) is 0 Å². The Hall–Kier alpha value is -1.20. The Bertz CT molecular complexity index is 429. The lowest BCUT2D eigenvalue weighted by molar-refractivity contribution is 0.0740. The first-order valence-corrected chi connectivity index (χ1v) is 6.87. The second-order valence-corrected chi connectivity index (χ2v) is 5.56. The maximum Gasteiger partial charge on any atom is 0.274 e. The summed E-state index contributed by atoms with van der Waals surface area (Å²) < 4.78 is 0. The lowest BCUT2D eigenvalue weighted by atomic mass is 9.96. The highest BCUT2D eigenvalue weighted by atomic mass is 35.5. The van der Waals surface area contributed by atoms with Gasteiger partial charge in [0.05, 0.1) is 0 Å². The van der Waals surface area contributed by atoms with Crippen LogP contribution in [-0.2, 0) is 0 Å². The lowest BCUT2D eigenvalue weighted by Crippen LogP contribution is -2.38. The number of amides is 1. The van der Waals surface area contributed by atoms with Crippen molar-refractivity contribution in [1.29, 1.82) is 0 Å². The summed E-state index contributed by atoms with van der Waals surface area (Å²) in [5, 5.41) is 7.82. The van der Waals surface area contributed by atoms with Gasteiger partial charge in [0.15, 0.2) is 10.8 Å². The standard InChI is InChI=1S/C13H19ClN4O/c1-17-7-5-10(6-8-17)9-18(2)13(19)11-3-4-12(14)16-15-11/h3-4,10H,5-9H2,1-2H3. The molecule has 1 aliphatic rings. The molecular weight excluding hydrogens is 264 g/mol. The van der Waals surface area contributed by atoms with Crippen molar-refractivity contribution in [2.24, 2.45) is 5.92 Å². The summed E-state index contributed by atoms with van der Waals surface area (Å²) in [6.45, 7) is 2.98. The number of aromatic nitrogens is 2. The van der Waals surface area contributed by atoms with E-state index in [1.807, 2.05) is 7.05 Å². The molecule has 5 nitrogen and oxygen atoms in total. The van der Waals surface area contributed by atoms with Crippen molar-refractivity contribution in [2.45, 2.75) is 12.8 Å². The molecule has 1 aromatic rings. The molecule has 1 amide bonds. The minimum Gasteiger partial charge on any atom is -0.340 e. The molecule has 0 aliphatic carbocycles. The van der Waals surface area contributed by atoms with Crippen molar-refractivity contribution in [3.8, 4) is 0 Å². The number of nitrogens with zero attached hydrogens (tertiary/aromatic N) is 4. The zero-order valence-corrected chi connectivity index (χ0v) is 12.1. The van der Waals surface area contributed by atoms with Crippen molar-refractivity contribution in [2.75, 3.05) is 33.7 Å². The van der Waals surface area contributed by atoms with E-state index in [1.54, 1.807) is 17.0 Å². The Balaban J connectivity index is 1.90. The molecule has 6 heteroatoms. The number of halogens is 1. The third kappa shape index (κ3) is 3.88. The molecule has 0 bridgehead atoms. The number of hydrogen-bond donors (Lipinski definition) is 0. The second kappa shape index (κ2) is 6.30. The summed E-state index contributed by atoms with van der Waals surface area (Å²) in [6.07, 6.45) is 2.28. The predicted octanol–water partition coefficient (Wildman–Crippen LogP) is 1.54. The molecule has 0 spiro atoms. The molecule has 104 valence electrons. The number of carbonyl (C=O) groups excluding carboxylic acids is 1. The Labute approximate surface area is 118 Å². The van der Waals surface area contributed by atoms with E-state index < -0.39 is 0 Å². The maximum absolute atomic E-state index is 12.2. The van der Waals surface area contributed by atoms with Crippen LogP contribution in [0, 0.1) is 5.92 Å². The van der Waals surface area contributed by atoms with Crippen LogP contribution in [0.2, 0.25) is 5.15 Å². The molecule has 1 saturated heterocycles. The Morgan fingerprint density at radius 2 is 2.11 bits per heavy atom. The van der Waals surface area contributed by atoms with E-state index in [2.05, 4.69) is 22.1 Å². The Kier molecular flexibility index (Phi) is 4.71. The van der Waals surface area contributed by atoms with Crippen LogP contribution in [0.3, 0.4) is 0 Å². The largest absolute Gasteiger partial charge is 0.340 e. The monoisotopic (exact) mass is 282 g/mol. The summed E-state index contributed by atoms with van der Waals surface area (Å²) >= 11 is 5.66. The van der Waals surface area contributed by atoms with Crippen LogP contribution in [-0.4, -0.2) is 59.6 Å². The molecule has 0 radical (unpaired) electrons. The third-order valence-corrected chi connectivity index (χ3v) is 3.77. The number of hydrogen-bond acceptors (Lipinski definition) is 4. The van der Waals surface area contributed by atoms with Gasteiger partial charge in [0, 0.05) is 13.6 Å². The molecule has 1 aromatic heterocycles. The molecule has 1 aliphatic heterocycles. The maximum atomic E-state index is 12.2. The van der Waals surface area contributed by atoms with Gasteiger partial charge in [-0.15, -0.1) is 10.2 Å². The van der Waals surface area contributed by atoms with Gasteiger partial charge >= 0.3 is 0 Å². The van der Waals surface area contributed by atoms with Crippen LogP contribution in [0.25, 0.3) is 0 Å². The third-order valence-electron chi connectivity index (χ3n) is 3.57. The smallest absolute Gasteiger partial charge is 0.274 e. The average Bonchev–Trinajstić information content (AvgIpc) is 2.41. The van der Waals surface area contributed by atoms with Gasteiger partial charge < -0.3 is 9.80 Å². The highest BCUT2D eigenvalue weighted by Crippen LogP contribution is 2.17. The van der Waals surface area contributed by atoms with Crippen molar-refractivity contribution in [3.05, 3.63) is 23.0 Å². The zero-order valence-electron chi connectivity index (χ0n) is 11.3. The van der Waals surface area contributed by atoms with Crippen LogP contribution in [0.15, 0.2) is 12.1 Å². The molecule has 0 N–H and O–H groups in total. The Morgan fingerprint density at radius 3 is 2.68 bits per heavy atom. The predicted molar refractivity (Wildman–Crippen MR) is 74.2 cm³/mol. The molecule has 0 unspecified atom stereocenters. The van der Waals surface area contributed by atoms with Crippen LogP contribution in [0.5, 0.6) is 0 Å². The first-order valence-electron chi connectivity index (χ1n) is 6.49. The van der Waals surface area contributed by atoms with Crippen molar-refractivity contribution in [3.63, 3.8) is 0 Å². The first kappa shape index (κ1) is 14.2. The van der Waals surface area contributed by atoms with Gasteiger partial charge in [0.25, 0.3) is 5.91 Å². The van der Waals surface area contributed by atoms with Crippen molar-refractivity contribution in [1.82, 2.24) is 20.0 Å². The van der Waals surface area contributed by atoms with Crippen molar-refractivity contribution < 1.29 is 4.79 Å². The number of rotatable bonds is 3. The fraction of sp³-hybridized carbons (Fsp3) is 0.615. The van der Waals surface area contributed by atoms with E-state index in [4.69, 9.17) is 11.6 Å². The van der Waals surface area contributed by atoms with Crippen LogP contribution in [0.1, 0.15) is 23.3 Å². The molecule has 1 fully saturated rings. The molecular formula is C13H19ClN4O. The summed E-state index contributed by atoms with van der Waals surface area (Å²) in [5.74, 6) is 0.480.